The highest BCUT2D eigenvalue weighted by molar-refractivity contribution is 5.80. The number of ether oxygens (including phenoxy) is 2. The number of carbonyl (C=O) groups is 1. The van der Waals surface area contributed by atoms with E-state index < -0.39 is 11.4 Å². The first-order valence-electron chi connectivity index (χ1n) is 7.85. The van der Waals surface area contributed by atoms with E-state index in [9.17, 15) is 10.1 Å². The zero-order chi connectivity index (χ0) is 17.0. The molecule has 0 radical (unpaired) electrons. The molecule has 1 saturated carbocycles. The molecule has 1 aliphatic rings. The first-order chi connectivity index (χ1) is 11.7. The minimum absolute atomic E-state index is 0.0224. The molecule has 0 atom stereocenters. The van der Waals surface area contributed by atoms with Gasteiger partial charge in [0.05, 0.1) is 13.2 Å². The van der Waals surface area contributed by atoms with Crippen molar-refractivity contribution in [1.82, 2.24) is 5.16 Å². The zero-order valence-electron chi connectivity index (χ0n) is 13.4. The van der Waals surface area contributed by atoms with Crippen LogP contribution in [0.4, 0.5) is 0 Å². The van der Waals surface area contributed by atoms with E-state index in [1.807, 2.05) is 24.3 Å². The third-order valence-corrected chi connectivity index (χ3v) is 4.35. The third-order valence-electron chi connectivity index (χ3n) is 4.35. The van der Waals surface area contributed by atoms with Crippen LogP contribution in [0.5, 0.6) is 5.75 Å². The van der Waals surface area contributed by atoms with Gasteiger partial charge in [0.15, 0.2) is 17.8 Å². The van der Waals surface area contributed by atoms with E-state index in [0.717, 1.165) is 24.2 Å². The van der Waals surface area contributed by atoms with Crippen molar-refractivity contribution in [2.24, 2.45) is 5.41 Å². The fourth-order valence-electron chi connectivity index (χ4n) is 2.89. The maximum absolute atomic E-state index is 12.2. The van der Waals surface area contributed by atoms with Gasteiger partial charge in [0.1, 0.15) is 11.4 Å². The van der Waals surface area contributed by atoms with Gasteiger partial charge in [-0.25, -0.2) is 0 Å². The smallest absolute Gasteiger partial charge is 0.326 e. The average molecular weight is 326 g/mol. The van der Waals surface area contributed by atoms with Crippen LogP contribution in [0, 0.1) is 16.7 Å². The summed E-state index contributed by atoms with van der Waals surface area (Å²) in [5.74, 6) is 0.736. The molecule has 0 amide bonds. The van der Waals surface area contributed by atoms with Crippen LogP contribution in [0.15, 0.2) is 34.9 Å². The van der Waals surface area contributed by atoms with Crippen molar-refractivity contribution in [2.45, 2.75) is 32.3 Å². The lowest BCUT2D eigenvalue weighted by atomic mass is 9.88. The van der Waals surface area contributed by atoms with E-state index in [-0.39, 0.29) is 6.61 Å². The van der Waals surface area contributed by atoms with Crippen LogP contribution in [0.25, 0.3) is 11.3 Å². The maximum atomic E-state index is 12.2. The van der Waals surface area contributed by atoms with Crippen LogP contribution in [0.1, 0.15) is 31.4 Å². The van der Waals surface area contributed by atoms with Crippen molar-refractivity contribution in [3.05, 3.63) is 36.1 Å². The quantitative estimate of drug-likeness (QED) is 0.782. The topological polar surface area (TPSA) is 85.4 Å². The van der Waals surface area contributed by atoms with E-state index in [2.05, 4.69) is 11.2 Å². The van der Waals surface area contributed by atoms with Crippen molar-refractivity contribution in [3.63, 3.8) is 0 Å². The summed E-state index contributed by atoms with van der Waals surface area (Å²) in [6, 6.07) is 11.3. The molecule has 0 unspecified atom stereocenters. The number of carbonyl (C=O) groups excluding carboxylic acids is 1. The van der Waals surface area contributed by atoms with E-state index >= 15 is 0 Å². The Hall–Kier alpha value is -2.81. The maximum Gasteiger partial charge on any atom is 0.326 e. The highest BCUT2D eigenvalue weighted by atomic mass is 16.6. The molecule has 124 valence electrons. The standard InChI is InChI=1S/C18H18N2O4/c1-22-14-6-4-13(5-7-14)16-10-15(24-20-16)11-23-17(21)18(12-19)8-2-3-9-18/h4-7,10H,2-3,8-9,11H2,1H3. The molecule has 1 aromatic heterocycles. The number of rotatable bonds is 5. The van der Waals surface area contributed by atoms with Crippen LogP contribution < -0.4 is 4.74 Å². The molecule has 0 spiro atoms. The van der Waals surface area contributed by atoms with Gasteiger partial charge in [0.25, 0.3) is 0 Å². The first-order valence-corrected chi connectivity index (χ1v) is 7.85. The molecule has 2 aromatic rings. The summed E-state index contributed by atoms with van der Waals surface area (Å²) >= 11 is 0. The average Bonchev–Trinajstić information content (AvgIpc) is 3.30. The number of hydrogen-bond donors (Lipinski definition) is 0. The van der Waals surface area contributed by atoms with Crippen molar-refractivity contribution in [2.75, 3.05) is 7.11 Å². The normalized spacial score (nSPS) is 15.7. The van der Waals surface area contributed by atoms with E-state index in [4.69, 9.17) is 14.0 Å². The predicted octanol–water partition coefficient (Wildman–Crippen LogP) is 3.48. The Morgan fingerprint density at radius 2 is 2.04 bits per heavy atom. The van der Waals surface area contributed by atoms with E-state index in [1.165, 1.54) is 0 Å². The Kier molecular flexibility index (Phi) is 4.52. The van der Waals surface area contributed by atoms with Gasteiger partial charge in [-0.1, -0.05) is 18.0 Å². The summed E-state index contributed by atoms with van der Waals surface area (Å²) < 4.78 is 15.6. The van der Waals surface area contributed by atoms with Gasteiger partial charge in [0, 0.05) is 11.6 Å². The number of hydrogen-bond acceptors (Lipinski definition) is 6. The van der Waals surface area contributed by atoms with Crippen molar-refractivity contribution < 1.29 is 18.8 Å². The van der Waals surface area contributed by atoms with Crippen molar-refractivity contribution >= 4 is 5.97 Å². The molecular weight excluding hydrogens is 308 g/mol. The number of nitriles is 1. The minimum atomic E-state index is -0.987. The van der Waals surface area contributed by atoms with Gasteiger partial charge in [-0.15, -0.1) is 0 Å². The Labute approximate surface area is 140 Å². The summed E-state index contributed by atoms with van der Waals surface area (Å²) in [7, 11) is 1.61. The molecule has 6 nitrogen and oxygen atoms in total. The number of esters is 1. The second kappa shape index (κ2) is 6.75. The fraction of sp³-hybridized carbons (Fsp3) is 0.389. The largest absolute Gasteiger partial charge is 0.497 e. The molecule has 0 aliphatic heterocycles. The van der Waals surface area contributed by atoms with Crippen LogP contribution in [-0.4, -0.2) is 18.2 Å². The Bertz CT molecular complexity index is 752. The molecule has 1 aromatic carbocycles. The number of aromatic nitrogens is 1. The molecular formula is C18H18N2O4. The summed E-state index contributed by atoms with van der Waals surface area (Å²) in [5.41, 5.74) is 0.541. The SMILES string of the molecule is COc1ccc(-c2cc(COC(=O)C3(C#N)CCCC3)on2)cc1. The fourth-order valence-corrected chi connectivity index (χ4v) is 2.89. The molecule has 0 bridgehead atoms. The summed E-state index contributed by atoms with van der Waals surface area (Å²) in [6.45, 7) is -0.0224. The van der Waals surface area contributed by atoms with E-state index in [0.29, 0.717) is 24.3 Å². The van der Waals surface area contributed by atoms with E-state index in [1.54, 1.807) is 13.2 Å². The van der Waals surface area contributed by atoms with Crippen molar-refractivity contribution in [3.8, 4) is 23.1 Å². The predicted molar refractivity (Wildman–Crippen MR) is 84.8 cm³/mol. The summed E-state index contributed by atoms with van der Waals surface area (Å²) in [6.07, 6.45) is 2.89. The molecule has 6 heteroatoms. The minimum Gasteiger partial charge on any atom is -0.497 e. The van der Waals surface area contributed by atoms with Crippen LogP contribution >= 0.6 is 0 Å². The van der Waals surface area contributed by atoms with Crippen LogP contribution in [0.3, 0.4) is 0 Å². The second-order valence-corrected chi connectivity index (χ2v) is 5.88. The van der Waals surface area contributed by atoms with Gasteiger partial charge in [-0.05, 0) is 37.1 Å². The molecule has 24 heavy (non-hydrogen) atoms. The Balaban J connectivity index is 1.64. The van der Waals surface area contributed by atoms with Crippen LogP contribution in [0.2, 0.25) is 0 Å². The highest BCUT2D eigenvalue weighted by Gasteiger charge is 2.43. The second-order valence-electron chi connectivity index (χ2n) is 5.88. The van der Waals surface area contributed by atoms with Crippen LogP contribution in [-0.2, 0) is 16.1 Å². The van der Waals surface area contributed by atoms with Gasteiger partial charge < -0.3 is 14.0 Å². The third kappa shape index (κ3) is 3.11. The van der Waals surface area contributed by atoms with Gasteiger partial charge in [-0.2, -0.15) is 5.26 Å². The molecule has 0 N–H and O–H groups in total. The number of nitrogens with zero attached hydrogens (tertiary/aromatic N) is 2. The lowest BCUT2D eigenvalue weighted by Gasteiger charge is -2.17. The van der Waals surface area contributed by atoms with Gasteiger partial charge >= 0.3 is 5.97 Å². The van der Waals surface area contributed by atoms with Gasteiger partial charge in [-0.3, -0.25) is 4.79 Å². The molecule has 0 saturated heterocycles. The zero-order valence-corrected chi connectivity index (χ0v) is 13.4. The number of benzene rings is 1. The summed E-state index contributed by atoms with van der Waals surface area (Å²) in [5, 5.41) is 13.3. The lowest BCUT2D eigenvalue weighted by molar-refractivity contribution is -0.154. The lowest BCUT2D eigenvalue weighted by Crippen LogP contribution is -2.28. The highest BCUT2D eigenvalue weighted by Crippen LogP contribution is 2.38. The number of methoxy groups -OCH3 is 1. The molecule has 3 rings (SSSR count). The first kappa shape index (κ1) is 16.1. The Morgan fingerprint density at radius 3 is 2.67 bits per heavy atom. The Morgan fingerprint density at radius 1 is 1.33 bits per heavy atom. The molecule has 1 heterocycles. The molecule has 1 aliphatic carbocycles. The molecule has 1 fully saturated rings. The summed E-state index contributed by atoms with van der Waals surface area (Å²) in [4.78, 5) is 12.2. The van der Waals surface area contributed by atoms with Gasteiger partial charge in [0.2, 0.25) is 0 Å². The van der Waals surface area contributed by atoms with Crippen molar-refractivity contribution in [1.29, 1.82) is 5.26 Å². The monoisotopic (exact) mass is 326 g/mol.